The van der Waals surface area contributed by atoms with E-state index in [1.54, 1.807) is 18.3 Å². The van der Waals surface area contributed by atoms with Crippen molar-refractivity contribution in [3.05, 3.63) is 65.3 Å². The number of alkyl halides is 3. The number of halogens is 3. The van der Waals surface area contributed by atoms with Gasteiger partial charge in [0, 0.05) is 24.5 Å². The summed E-state index contributed by atoms with van der Waals surface area (Å²) in [6.45, 7) is 0. The Bertz CT molecular complexity index is 1320. The largest absolute Gasteiger partial charge is 0.573 e. The lowest BCUT2D eigenvalue weighted by atomic mass is 10.2. The van der Waals surface area contributed by atoms with Gasteiger partial charge in [-0.15, -0.1) is 13.2 Å². The Balaban J connectivity index is 1.21. The maximum atomic E-state index is 12.5. The summed E-state index contributed by atoms with van der Waals surface area (Å²) in [6, 6.07) is 9.76. The summed E-state index contributed by atoms with van der Waals surface area (Å²) < 4.78 is 42.3. The van der Waals surface area contributed by atoms with Crippen molar-refractivity contribution in [1.29, 1.82) is 0 Å². The van der Waals surface area contributed by atoms with Gasteiger partial charge >= 0.3 is 6.36 Å². The first kappa shape index (κ1) is 21.7. The molecule has 4 heterocycles. The summed E-state index contributed by atoms with van der Waals surface area (Å²) in [5.41, 5.74) is 0.939. The van der Waals surface area contributed by atoms with E-state index in [4.69, 9.17) is 0 Å². The summed E-state index contributed by atoms with van der Waals surface area (Å²) in [5, 5.41) is 6.77. The molecule has 0 spiro atoms. The zero-order valence-corrected chi connectivity index (χ0v) is 17.7. The van der Waals surface area contributed by atoms with Crippen molar-refractivity contribution in [2.24, 2.45) is 0 Å². The van der Waals surface area contributed by atoms with E-state index in [1.807, 2.05) is 12.1 Å². The van der Waals surface area contributed by atoms with E-state index >= 15 is 0 Å². The van der Waals surface area contributed by atoms with Crippen molar-refractivity contribution in [2.45, 2.75) is 37.7 Å². The monoisotopic (exact) mass is 471 g/mol. The van der Waals surface area contributed by atoms with Crippen LogP contribution in [0.2, 0.25) is 0 Å². The second-order valence-electron chi connectivity index (χ2n) is 7.95. The van der Waals surface area contributed by atoms with Gasteiger partial charge < -0.3 is 20.4 Å². The van der Waals surface area contributed by atoms with E-state index in [-0.39, 0.29) is 12.1 Å². The smallest absolute Gasteiger partial charge is 0.400 e. The molecule has 5 rings (SSSR count). The Labute approximate surface area is 191 Å². The van der Waals surface area contributed by atoms with Gasteiger partial charge in [-0.25, -0.2) is 9.97 Å². The van der Waals surface area contributed by atoms with Gasteiger partial charge in [0.1, 0.15) is 5.82 Å². The van der Waals surface area contributed by atoms with Crippen molar-refractivity contribution in [3.63, 3.8) is 0 Å². The van der Waals surface area contributed by atoms with Crippen LogP contribution in [0.3, 0.4) is 0 Å². The Kier molecular flexibility index (Phi) is 5.56. The number of rotatable bonds is 6. The van der Waals surface area contributed by atoms with E-state index in [0.717, 1.165) is 35.4 Å². The van der Waals surface area contributed by atoms with E-state index in [0.29, 0.717) is 23.1 Å². The Morgan fingerprint density at radius 3 is 2.62 bits per heavy atom. The number of hydrogen-bond donors (Lipinski definition) is 3. The summed E-state index contributed by atoms with van der Waals surface area (Å²) in [5.74, 6) is 0.490. The molecule has 9 nitrogen and oxygen atoms in total. The summed E-state index contributed by atoms with van der Waals surface area (Å²) >= 11 is 0. The first-order valence-corrected chi connectivity index (χ1v) is 10.6. The summed E-state index contributed by atoms with van der Waals surface area (Å²) in [6.07, 6.45) is 2.26. The third-order valence-electron chi connectivity index (χ3n) is 5.55. The highest BCUT2D eigenvalue weighted by Gasteiger charge is 2.32. The van der Waals surface area contributed by atoms with Gasteiger partial charge in [0.15, 0.2) is 11.4 Å². The number of imidazole rings is 1. The minimum Gasteiger partial charge on any atom is -0.400 e. The molecule has 1 saturated carbocycles. The number of ether oxygens (including phenoxy) is 1. The number of H-pyrrole nitrogens is 1. The molecule has 3 N–H and O–H groups in total. The van der Waals surface area contributed by atoms with Gasteiger partial charge in [0.25, 0.3) is 5.56 Å². The van der Waals surface area contributed by atoms with Crippen LogP contribution in [-0.4, -0.2) is 42.9 Å². The zero-order valence-electron chi connectivity index (χ0n) is 17.7. The zero-order chi connectivity index (χ0) is 23.7. The highest BCUT2D eigenvalue weighted by Crippen LogP contribution is 2.26. The van der Waals surface area contributed by atoms with Gasteiger partial charge in [0.05, 0.1) is 17.4 Å². The fourth-order valence-electron chi connectivity index (χ4n) is 4.05. The van der Waals surface area contributed by atoms with E-state index < -0.39 is 17.7 Å². The molecule has 1 aliphatic rings. The number of pyridine rings is 3. The average Bonchev–Trinajstić information content (AvgIpc) is 3.41. The molecule has 0 bridgehead atoms. The van der Waals surface area contributed by atoms with Crippen molar-refractivity contribution in [1.82, 2.24) is 24.5 Å². The first-order chi connectivity index (χ1) is 16.3. The van der Waals surface area contributed by atoms with Crippen LogP contribution in [0.25, 0.3) is 16.9 Å². The van der Waals surface area contributed by atoms with E-state index in [1.165, 1.54) is 18.5 Å². The third kappa shape index (κ3) is 4.80. The van der Waals surface area contributed by atoms with Gasteiger partial charge in [-0.05, 0) is 55.7 Å². The molecule has 2 atom stereocenters. The van der Waals surface area contributed by atoms with E-state index in [9.17, 15) is 18.0 Å². The first-order valence-electron chi connectivity index (χ1n) is 10.6. The maximum Gasteiger partial charge on any atom is 0.573 e. The molecular formula is C22H20F3N7O2. The molecule has 34 heavy (non-hydrogen) atoms. The number of anilines is 2. The topological polar surface area (TPSA) is 110 Å². The molecular weight excluding hydrogens is 451 g/mol. The van der Waals surface area contributed by atoms with Gasteiger partial charge in [-0.1, -0.05) is 0 Å². The molecule has 0 radical (unpaired) electrons. The molecule has 0 aromatic carbocycles. The van der Waals surface area contributed by atoms with Crippen LogP contribution in [0.5, 0.6) is 5.75 Å². The fourth-order valence-corrected chi connectivity index (χ4v) is 4.05. The Hall–Kier alpha value is -4.09. The van der Waals surface area contributed by atoms with Gasteiger partial charge in [0.2, 0.25) is 5.95 Å². The lowest BCUT2D eigenvalue weighted by molar-refractivity contribution is -0.275. The van der Waals surface area contributed by atoms with Crippen LogP contribution in [0.1, 0.15) is 19.3 Å². The number of aromatic nitrogens is 5. The molecule has 1 aliphatic carbocycles. The molecule has 4 aromatic rings. The number of aromatic amines is 1. The van der Waals surface area contributed by atoms with Crippen LogP contribution < -0.4 is 20.9 Å². The number of hydrogen-bond acceptors (Lipinski definition) is 7. The van der Waals surface area contributed by atoms with Crippen LogP contribution in [0.15, 0.2) is 59.8 Å². The SMILES string of the molecule is O=c1c(OC(F)(F)F)cccn1-c1ccc(N[C@H]2CC[C@H](Nc3nc4ncccc4[nH]3)C2)nc1. The number of nitrogens with zero attached hydrogens (tertiary/aromatic N) is 4. The fraction of sp³-hybridized carbons (Fsp3) is 0.273. The van der Waals surface area contributed by atoms with Crippen LogP contribution in [0, 0.1) is 0 Å². The average molecular weight is 471 g/mol. The van der Waals surface area contributed by atoms with Gasteiger partial charge in [-0.3, -0.25) is 9.36 Å². The number of nitrogens with one attached hydrogen (secondary N) is 3. The predicted molar refractivity (Wildman–Crippen MR) is 119 cm³/mol. The molecule has 176 valence electrons. The number of fused-ring (bicyclic) bond motifs is 1. The lowest BCUT2D eigenvalue weighted by Gasteiger charge is -2.15. The molecule has 1 fully saturated rings. The quantitative estimate of drug-likeness (QED) is 0.392. The maximum absolute atomic E-state index is 12.5. The molecule has 0 unspecified atom stereocenters. The lowest BCUT2D eigenvalue weighted by Crippen LogP contribution is -2.26. The molecule has 0 aliphatic heterocycles. The third-order valence-corrected chi connectivity index (χ3v) is 5.55. The summed E-state index contributed by atoms with van der Waals surface area (Å²) in [7, 11) is 0. The van der Waals surface area contributed by atoms with Crippen molar-refractivity contribution in [3.8, 4) is 11.4 Å². The molecule has 4 aromatic heterocycles. The second-order valence-corrected chi connectivity index (χ2v) is 7.95. The van der Waals surface area contributed by atoms with Crippen LogP contribution >= 0.6 is 0 Å². The Morgan fingerprint density at radius 2 is 1.88 bits per heavy atom. The Morgan fingerprint density at radius 1 is 1.06 bits per heavy atom. The molecule has 0 amide bonds. The second kappa shape index (κ2) is 8.69. The van der Waals surface area contributed by atoms with Crippen molar-refractivity contribution < 1.29 is 17.9 Å². The minimum atomic E-state index is -4.94. The molecule has 0 saturated heterocycles. The van der Waals surface area contributed by atoms with Crippen molar-refractivity contribution >= 4 is 22.9 Å². The molecule has 12 heteroatoms. The predicted octanol–water partition coefficient (Wildman–Crippen LogP) is 3.85. The standard InChI is InChI=1S/C22H20F3N7O2/c23-22(24,25)34-17-4-2-10-32(20(17)33)15-7-8-18(27-12-15)28-13-5-6-14(11-13)29-21-30-16-3-1-9-26-19(16)31-21/h1-4,7-10,12-14H,5-6,11H2,(H,27,28)(H2,26,29,30,31)/t13-,14-/m0/s1. The normalized spacial score (nSPS) is 18.2. The van der Waals surface area contributed by atoms with Crippen molar-refractivity contribution in [2.75, 3.05) is 10.6 Å². The van der Waals surface area contributed by atoms with Crippen LogP contribution in [0.4, 0.5) is 24.9 Å². The van der Waals surface area contributed by atoms with Gasteiger partial charge in [-0.2, -0.15) is 4.98 Å². The highest BCUT2D eigenvalue weighted by atomic mass is 19.4. The summed E-state index contributed by atoms with van der Waals surface area (Å²) in [4.78, 5) is 28.5. The minimum absolute atomic E-state index is 0.185. The van der Waals surface area contributed by atoms with E-state index in [2.05, 4.69) is 35.3 Å². The van der Waals surface area contributed by atoms with Crippen LogP contribution in [-0.2, 0) is 0 Å². The highest BCUT2D eigenvalue weighted by molar-refractivity contribution is 5.72.